The number of carboxylic acid groups (broad SMARTS) is 1. The summed E-state index contributed by atoms with van der Waals surface area (Å²) in [5.74, 6) is -2.30. The zero-order chi connectivity index (χ0) is 74.3. The summed E-state index contributed by atoms with van der Waals surface area (Å²) in [6.45, 7) is 30.2. The van der Waals surface area contributed by atoms with Crippen LogP contribution in [0, 0.1) is 24.7 Å². The van der Waals surface area contributed by atoms with Crippen molar-refractivity contribution < 1.29 is 67.8 Å². The summed E-state index contributed by atoms with van der Waals surface area (Å²) in [5, 5.41) is 38.3. The van der Waals surface area contributed by atoms with Gasteiger partial charge in [0, 0.05) is 96.6 Å². The Hall–Kier alpha value is -5.81. The maximum Gasteiger partial charge on any atom is 0.306 e. The molecule has 2 aliphatic heterocycles. The molecule has 2 fully saturated rings. The number of aliphatic hydroxyl groups excluding tert-OH is 2. The van der Waals surface area contributed by atoms with E-state index in [4.69, 9.17) is 29.8 Å². The molecule has 2 aliphatic rings. The number of aliphatic carboxylic acids is 1. The standard InChI is InChI=1S/C30H44N4O5S.C22H30N4O3S.C11H21BrO3.C9H18O3.CH5N.CH4/c1-6-14-39-15-8-7-9-25(36)33-27(30(3,4)5)29(38)34-18-23(35)16-24(34)28(37)31-17-21-10-12-22(13-11-21)26-20(2)32-19-40-26;1-13-18(30-12-25-13)15-7-5-14(6-8-15)10-24-20(28)17-9-16(27)11-26(17)21(29)19(23)22(2,3)4;1-11(2,3)15-10(13)6-4-5-8-14-9-7-12;1-2-3-7-12-8-5-4-6-9(10)11;1-2;/h10-13,19,23-24,27,35H,6-9,14-18H2,1-5H3,(H,31,37)(H,33,36);5-8,12,16-17,19,27H,9-11,23H2,1-4H3,(H,24,28);4-9H2,1-3H3;2-8H2,1H3,(H,10,11);2H2,1H3;1H4/t23-,24+,27-;16-,17+,19-;;;;/m11..../s1. The number of ether oxygens (including phenoxy) is 4. The highest BCUT2D eigenvalue weighted by molar-refractivity contribution is 9.09. The number of carboxylic acids is 1. The lowest BCUT2D eigenvalue weighted by molar-refractivity contribution is -0.155. The molecular formula is C74H122BrN9O14S2. The number of hydrogen-bond donors (Lipinski definition) is 8. The summed E-state index contributed by atoms with van der Waals surface area (Å²) in [6, 6.07) is 12.8. The van der Waals surface area contributed by atoms with E-state index in [1.165, 1.54) is 16.8 Å². The number of alkyl halides is 1. The fourth-order valence-corrected chi connectivity index (χ4v) is 12.0. The van der Waals surface area contributed by atoms with Gasteiger partial charge in [-0.1, -0.05) is 134 Å². The van der Waals surface area contributed by atoms with Crippen LogP contribution in [0.2, 0.25) is 0 Å². The van der Waals surface area contributed by atoms with Gasteiger partial charge in [-0.05, 0) is 126 Å². The molecule has 26 heteroatoms. The Morgan fingerprint density at radius 2 is 1.02 bits per heavy atom. The normalized spacial score (nSPS) is 16.3. The first-order valence-corrected chi connectivity index (χ1v) is 37.6. The van der Waals surface area contributed by atoms with Gasteiger partial charge in [-0.25, -0.2) is 9.97 Å². The maximum absolute atomic E-state index is 13.7. The molecule has 2 aromatic carbocycles. The second-order valence-electron chi connectivity index (χ2n) is 27.6. The Labute approximate surface area is 612 Å². The number of amides is 5. The molecule has 0 aliphatic carbocycles. The molecule has 100 heavy (non-hydrogen) atoms. The zero-order valence-electron chi connectivity index (χ0n) is 61.4. The third-order valence-corrected chi connectivity index (χ3v) is 17.9. The summed E-state index contributed by atoms with van der Waals surface area (Å²) in [6.07, 6.45) is 7.85. The fraction of sp³-hybridized carbons (Fsp3) is 0.662. The summed E-state index contributed by atoms with van der Waals surface area (Å²) >= 11 is 6.46. The number of likely N-dealkylation sites (tertiary alicyclic amines) is 2. The van der Waals surface area contributed by atoms with Gasteiger partial charge < -0.3 is 71.5 Å². The molecule has 5 amide bonds. The smallest absolute Gasteiger partial charge is 0.306 e. The summed E-state index contributed by atoms with van der Waals surface area (Å²) in [5.41, 5.74) is 18.9. The van der Waals surface area contributed by atoms with Gasteiger partial charge in [-0.2, -0.15) is 0 Å². The van der Waals surface area contributed by atoms with Gasteiger partial charge >= 0.3 is 11.9 Å². The Bertz CT molecular complexity index is 2990. The molecule has 0 unspecified atom stereocenters. The van der Waals surface area contributed by atoms with Crippen molar-refractivity contribution in [1.29, 1.82) is 0 Å². The number of unbranched alkanes of at least 4 members (excludes halogenated alkanes) is 4. The van der Waals surface area contributed by atoms with Crippen LogP contribution in [0.25, 0.3) is 20.9 Å². The van der Waals surface area contributed by atoms with Crippen LogP contribution in [0.1, 0.15) is 196 Å². The van der Waals surface area contributed by atoms with Gasteiger partial charge in [0.05, 0.1) is 57.0 Å². The van der Waals surface area contributed by atoms with E-state index in [1.54, 1.807) is 22.7 Å². The number of aromatic nitrogens is 2. The first-order chi connectivity index (χ1) is 46.8. The molecule has 0 bridgehead atoms. The van der Waals surface area contributed by atoms with E-state index in [0.29, 0.717) is 58.8 Å². The van der Waals surface area contributed by atoms with Crippen molar-refractivity contribution in [1.82, 2.24) is 35.7 Å². The topological polar surface area (TPSA) is 337 Å². The zero-order valence-corrected chi connectivity index (χ0v) is 64.6. The Morgan fingerprint density at radius 3 is 1.41 bits per heavy atom. The van der Waals surface area contributed by atoms with Crippen molar-refractivity contribution >= 4 is 80.1 Å². The van der Waals surface area contributed by atoms with Crippen molar-refractivity contribution in [2.75, 3.05) is 65.1 Å². The van der Waals surface area contributed by atoms with Gasteiger partial charge in [-0.3, -0.25) is 33.6 Å². The Kier molecular flexibility index (Phi) is 45.1. The van der Waals surface area contributed by atoms with Crippen molar-refractivity contribution in [3.63, 3.8) is 0 Å². The van der Waals surface area contributed by atoms with Gasteiger partial charge in [0.15, 0.2) is 0 Å². The van der Waals surface area contributed by atoms with E-state index in [1.807, 2.05) is 136 Å². The molecule has 23 nitrogen and oxygen atoms in total. The Morgan fingerprint density at radius 1 is 0.600 bits per heavy atom. The van der Waals surface area contributed by atoms with Crippen LogP contribution in [-0.4, -0.2) is 184 Å². The number of nitrogens with zero attached hydrogens (tertiary/aromatic N) is 4. The van der Waals surface area contributed by atoms with Crippen molar-refractivity contribution in [2.45, 2.75) is 242 Å². The number of esters is 1. The molecular weight excluding hydrogens is 1380 g/mol. The molecule has 0 radical (unpaired) electrons. The lowest BCUT2D eigenvalue weighted by atomic mass is 9.85. The SMILES string of the molecule is C.CC(C)(C)OC(=O)CCCCOCCBr.CCCCOCCCCC(=O)O.CCCOCCCCC(=O)N[C@H](C(=O)N1C[C@H](O)C[C@H]1C(=O)NCc1ccc(-c2scnc2C)cc1)C(C)(C)C.CN.Cc1ncsc1-c1ccc(CNC(=O)[C@@H]2C[C@@H](O)CN2C(=O)[C@@H](N)C(C)(C)C)cc1. The quantitative estimate of drug-likeness (QED) is 0.0125. The molecule has 6 rings (SSSR count). The highest BCUT2D eigenvalue weighted by Gasteiger charge is 2.45. The molecule has 566 valence electrons. The minimum absolute atomic E-state index is 0. The number of carbonyl (C=O) groups excluding carboxylic acids is 6. The largest absolute Gasteiger partial charge is 0.481 e. The van der Waals surface area contributed by atoms with Gasteiger partial charge in [0.1, 0.15) is 23.7 Å². The first kappa shape index (κ1) is 92.2. The second-order valence-corrected chi connectivity index (χ2v) is 30.1. The number of rotatable bonds is 33. The molecule has 0 saturated carbocycles. The number of nitrogens with one attached hydrogen (secondary N) is 3. The summed E-state index contributed by atoms with van der Waals surface area (Å²) in [7, 11) is 1.50. The number of benzene rings is 2. The molecule has 2 saturated heterocycles. The van der Waals surface area contributed by atoms with E-state index in [2.05, 4.69) is 61.4 Å². The third kappa shape index (κ3) is 35.9. The minimum atomic E-state index is -0.820. The molecule has 0 spiro atoms. The molecule has 10 N–H and O–H groups in total. The number of nitrogens with two attached hydrogens (primary N) is 2. The van der Waals surface area contributed by atoms with Gasteiger partial charge in [0.2, 0.25) is 29.5 Å². The Balaban J connectivity index is 0.000000729. The van der Waals surface area contributed by atoms with Crippen molar-refractivity contribution in [3.8, 4) is 20.9 Å². The van der Waals surface area contributed by atoms with Crippen LogP contribution >= 0.6 is 38.6 Å². The lowest BCUT2D eigenvalue weighted by Gasteiger charge is -2.35. The van der Waals surface area contributed by atoms with E-state index >= 15 is 0 Å². The van der Waals surface area contributed by atoms with Crippen LogP contribution < -0.4 is 27.4 Å². The number of thiazole rings is 2. The van der Waals surface area contributed by atoms with E-state index in [-0.39, 0.29) is 80.9 Å². The van der Waals surface area contributed by atoms with E-state index in [9.17, 15) is 43.8 Å². The second kappa shape index (κ2) is 49.0. The monoisotopic (exact) mass is 1500 g/mol. The summed E-state index contributed by atoms with van der Waals surface area (Å²) in [4.78, 5) is 100. The number of carbonyl (C=O) groups is 7. The van der Waals surface area contributed by atoms with Crippen LogP contribution in [-0.2, 0) is 65.6 Å². The highest BCUT2D eigenvalue weighted by Crippen LogP contribution is 2.31. The van der Waals surface area contributed by atoms with Crippen LogP contribution in [0.15, 0.2) is 59.6 Å². The predicted octanol–water partition coefficient (Wildman–Crippen LogP) is 11.1. The third-order valence-electron chi connectivity index (χ3n) is 15.6. The van der Waals surface area contributed by atoms with Crippen molar-refractivity contribution in [3.05, 3.63) is 82.1 Å². The summed E-state index contributed by atoms with van der Waals surface area (Å²) < 4.78 is 21.2. The predicted molar refractivity (Wildman–Crippen MR) is 403 cm³/mol. The number of aliphatic hydroxyl groups is 2. The van der Waals surface area contributed by atoms with Crippen LogP contribution in [0.3, 0.4) is 0 Å². The lowest BCUT2D eigenvalue weighted by Crippen LogP contribution is -2.57. The van der Waals surface area contributed by atoms with Crippen LogP contribution in [0.5, 0.6) is 0 Å². The molecule has 4 aromatic rings. The van der Waals surface area contributed by atoms with Gasteiger partial charge in [0.25, 0.3) is 0 Å². The number of aryl methyl sites for hydroxylation is 2. The molecule has 4 heterocycles. The number of hydrogen-bond acceptors (Lipinski definition) is 19. The average molecular weight is 1510 g/mol. The average Bonchev–Trinajstić information content (AvgIpc) is 1.63. The van der Waals surface area contributed by atoms with Crippen LogP contribution in [0.4, 0.5) is 0 Å². The minimum Gasteiger partial charge on any atom is -0.481 e. The van der Waals surface area contributed by atoms with E-state index < -0.39 is 53.2 Å². The number of β-amino-alcohol motifs (C(OH)–C–C–N with tert-alkyl or cyclic N) is 2. The maximum atomic E-state index is 13.7. The van der Waals surface area contributed by atoms with E-state index in [0.717, 1.165) is 113 Å². The van der Waals surface area contributed by atoms with Crippen molar-refractivity contribution in [2.24, 2.45) is 22.3 Å². The molecule has 2 aromatic heterocycles. The fourth-order valence-electron chi connectivity index (χ4n) is 10.1. The molecule has 6 atom stereocenters. The highest BCUT2D eigenvalue weighted by atomic mass is 79.9. The first-order valence-electron chi connectivity index (χ1n) is 34.7. The van der Waals surface area contributed by atoms with Gasteiger partial charge in [-0.15, -0.1) is 22.7 Å². The number of halogens is 1.